The van der Waals surface area contributed by atoms with Crippen molar-refractivity contribution in [2.45, 2.75) is 13.0 Å². The first kappa shape index (κ1) is 10.4. The normalized spacial score (nSPS) is 13.1. The SMILES string of the molecule is Cc1cc(Br)c(C(O)c2cccs2)s1. The maximum atomic E-state index is 10.1. The van der Waals surface area contributed by atoms with Crippen LogP contribution in [0.15, 0.2) is 28.1 Å². The minimum Gasteiger partial charge on any atom is -0.382 e. The van der Waals surface area contributed by atoms with Gasteiger partial charge in [-0.2, -0.15) is 0 Å². The zero-order valence-corrected chi connectivity index (χ0v) is 10.7. The van der Waals surface area contributed by atoms with E-state index in [0.29, 0.717) is 0 Å². The summed E-state index contributed by atoms with van der Waals surface area (Å²) in [6.07, 6.45) is -0.483. The molecule has 0 aliphatic rings. The lowest BCUT2D eigenvalue weighted by atomic mass is 10.2. The lowest BCUT2D eigenvalue weighted by Gasteiger charge is -2.06. The number of halogens is 1. The second-order valence-corrected chi connectivity index (χ2v) is 6.11. The first-order valence-corrected chi connectivity index (χ1v) is 6.64. The van der Waals surface area contributed by atoms with Gasteiger partial charge in [-0.3, -0.25) is 0 Å². The summed E-state index contributed by atoms with van der Waals surface area (Å²) in [4.78, 5) is 3.19. The molecule has 74 valence electrons. The van der Waals surface area contributed by atoms with Gasteiger partial charge in [0.25, 0.3) is 0 Å². The van der Waals surface area contributed by atoms with E-state index in [1.165, 1.54) is 4.88 Å². The van der Waals surface area contributed by atoms with Crippen LogP contribution in [0.1, 0.15) is 20.7 Å². The molecule has 0 spiro atoms. The van der Waals surface area contributed by atoms with E-state index in [1.54, 1.807) is 22.7 Å². The number of hydrogen-bond acceptors (Lipinski definition) is 3. The van der Waals surface area contributed by atoms with Crippen LogP contribution in [0.25, 0.3) is 0 Å². The summed E-state index contributed by atoms with van der Waals surface area (Å²) in [6.45, 7) is 2.04. The van der Waals surface area contributed by atoms with E-state index in [2.05, 4.69) is 15.9 Å². The second kappa shape index (κ2) is 4.14. The molecule has 0 aromatic carbocycles. The first-order chi connectivity index (χ1) is 6.68. The Morgan fingerprint density at radius 3 is 2.79 bits per heavy atom. The van der Waals surface area contributed by atoms with Crippen molar-refractivity contribution in [2.24, 2.45) is 0 Å². The molecule has 0 bridgehead atoms. The topological polar surface area (TPSA) is 20.2 Å². The molecule has 14 heavy (non-hydrogen) atoms. The minimum atomic E-state index is -0.483. The summed E-state index contributed by atoms with van der Waals surface area (Å²) >= 11 is 6.67. The molecule has 2 aromatic rings. The van der Waals surface area contributed by atoms with Crippen LogP contribution in [0.5, 0.6) is 0 Å². The number of thiophene rings is 2. The quantitative estimate of drug-likeness (QED) is 0.887. The molecule has 2 rings (SSSR count). The van der Waals surface area contributed by atoms with Crippen LogP contribution in [0.3, 0.4) is 0 Å². The molecule has 2 aromatic heterocycles. The minimum absolute atomic E-state index is 0.483. The Labute approximate surface area is 99.2 Å². The maximum Gasteiger partial charge on any atom is 0.123 e. The van der Waals surface area contributed by atoms with Crippen LogP contribution in [0.2, 0.25) is 0 Å². The standard InChI is InChI=1S/C10H9BrOS2/c1-6-5-7(11)10(14-6)9(12)8-3-2-4-13-8/h2-5,9,12H,1H3. The molecule has 0 aliphatic carbocycles. The van der Waals surface area contributed by atoms with Crippen LogP contribution >= 0.6 is 38.6 Å². The van der Waals surface area contributed by atoms with Gasteiger partial charge in [0, 0.05) is 14.2 Å². The zero-order chi connectivity index (χ0) is 10.1. The average Bonchev–Trinajstić information content (AvgIpc) is 2.73. The van der Waals surface area contributed by atoms with Crippen LogP contribution in [0, 0.1) is 6.92 Å². The highest BCUT2D eigenvalue weighted by molar-refractivity contribution is 9.10. The number of rotatable bonds is 2. The predicted molar refractivity (Wildman–Crippen MR) is 65.1 cm³/mol. The van der Waals surface area contributed by atoms with Gasteiger partial charge in [-0.05, 0) is 40.4 Å². The lowest BCUT2D eigenvalue weighted by molar-refractivity contribution is 0.227. The molecule has 1 atom stereocenters. The Morgan fingerprint density at radius 1 is 1.50 bits per heavy atom. The monoisotopic (exact) mass is 288 g/mol. The largest absolute Gasteiger partial charge is 0.382 e. The van der Waals surface area contributed by atoms with Gasteiger partial charge in [-0.25, -0.2) is 0 Å². The third kappa shape index (κ3) is 1.93. The van der Waals surface area contributed by atoms with Gasteiger partial charge in [-0.15, -0.1) is 22.7 Å². The lowest BCUT2D eigenvalue weighted by Crippen LogP contribution is -1.93. The summed E-state index contributed by atoms with van der Waals surface area (Å²) < 4.78 is 1.00. The van der Waals surface area contributed by atoms with Gasteiger partial charge in [0.1, 0.15) is 6.10 Å². The summed E-state index contributed by atoms with van der Waals surface area (Å²) in [5.41, 5.74) is 0. The maximum absolute atomic E-state index is 10.1. The zero-order valence-electron chi connectivity index (χ0n) is 7.53. The molecular formula is C10H9BrOS2. The predicted octanol–water partition coefficient (Wildman–Crippen LogP) is 3.96. The van der Waals surface area contributed by atoms with Crippen molar-refractivity contribution in [2.75, 3.05) is 0 Å². The third-order valence-electron chi connectivity index (χ3n) is 1.90. The van der Waals surface area contributed by atoms with Gasteiger partial charge in [0.2, 0.25) is 0 Å². The van der Waals surface area contributed by atoms with Crippen molar-refractivity contribution in [1.29, 1.82) is 0 Å². The third-order valence-corrected chi connectivity index (χ3v) is 4.84. The van der Waals surface area contributed by atoms with E-state index in [1.807, 2.05) is 30.5 Å². The van der Waals surface area contributed by atoms with E-state index in [9.17, 15) is 5.11 Å². The van der Waals surface area contributed by atoms with Crippen molar-refractivity contribution in [3.8, 4) is 0 Å². The van der Waals surface area contributed by atoms with E-state index in [0.717, 1.165) is 14.2 Å². The fourth-order valence-corrected chi connectivity index (χ4v) is 3.93. The summed E-state index contributed by atoms with van der Waals surface area (Å²) in [6, 6.07) is 5.95. The highest BCUT2D eigenvalue weighted by atomic mass is 79.9. The Morgan fingerprint density at radius 2 is 2.29 bits per heavy atom. The molecule has 1 nitrogen and oxygen atoms in total. The second-order valence-electron chi connectivity index (χ2n) is 2.99. The smallest absolute Gasteiger partial charge is 0.123 e. The van der Waals surface area contributed by atoms with Crippen molar-refractivity contribution in [3.63, 3.8) is 0 Å². The molecule has 4 heteroatoms. The van der Waals surface area contributed by atoms with Gasteiger partial charge >= 0.3 is 0 Å². The number of aryl methyl sites for hydroxylation is 1. The Kier molecular flexibility index (Phi) is 3.07. The molecule has 1 N–H and O–H groups in total. The fourth-order valence-electron chi connectivity index (χ4n) is 1.26. The Hall–Kier alpha value is -0.160. The molecule has 0 amide bonds. The molecular weight excluding hydrogens is 280 g/mol. The van der Waals surface area contributed by atoms with Gasteiger partial charge < -0.3 is 5.11 Å². The van der Waals surface area contributed by atoms with E-state index < -0.39 is 6.10 Å². The van der Waals surface area contributed by atoms with E-state index in [-0.39, 0.29) is 0 Å². The van der Waals surface area contributed by atoms with E-state index in [4.69, 9.17) is 0 Å². The summed E-state index contributed by atoms with van der Waals surface area (Å²) in [5, 5.41) is 12.0. The summed E-state index contributed by atoms with van der Waals surface area (Å²) in [7, 11) is 0. The highest BCUT2D eigenvalue weighted by Crippen LogP contribution is 2.36. The molecule has 1 unspecified atom stereocenters. The van der Waals surface area contributed by atoms with Crippen LogP contribution < -0.4 is 0 Å². The molecule has 0 saturated heterocycles. The van der Waals surface area contributed by atoms with Crippen molar-refractivity contribution >= 4 is 38.6 Å². The van der Waals surface area contributed by atoms with Gasteiger partial charge in [-0.1, -0.05) is 6.07 Å². The Balaban J connectivity index is 2.36. The van der Waals surface area contributed by atoms with Crippen LogP contribution in [-0.2, 0) is 0 Å². The average molecular weight is 289 g/mol. The highest BCUT2D eigenvalue weighted by Gasteiger charge is 2.16. The van der Waals surface area contributed by atoms with Crippen LogP contribution in [-0.4, -0.2) is 5.11 Å². The number of hydrogen-bond donors (Lipinski definition) is 1. The van der Waals surface area contributed by atoms with Gasteiger partial charge in [0.15, 0.2) is 0 Å². The molecule has 2 heterocycles. The van der Waals surface area contributed by atoms with Crippen molar-refractivity contribution in [3.05, 3.63) is 42.7 Å². The molecule has 0 radical (unpaired) electrons. The summed E-state index contributed by atoms with van der Waals surface area (Å²) in [5.74, 6) is 0. The van der Waals surface area contributed by atoms with Crippen LogP contribution in [0.4, 0.5) is 0 Å². The van der Waals surface area contributed by atoms with E-state index >= 15 is 0 Å². The fraction of sp³-hybridized carbons (Fsp3) is 0.200. The molecule has 0 aliphatic heterocycles. The molecule has 0 saturated carbocycles. The van der Waals surface area contributed by atoms with Gasteiger partial charge in [0.05, 0.1) is 4.88 Å². The number of aliphatic hydroxyl groups excluding tert-OH is 1. The first-order valence-electron chi connectivity index (χ1n) is 4.16. The number of aliphatic hydroxyl groups is 1. The Bertz CT molecular complexity index is 419. The molecule has 0 fully saturated rings. The van der Waals surface area contributed by atoms with Crippen molar-refractivity contribution < 1.29 is 5.11 Å². The van der Waals surface area contributed by atoms with Crippen molar-refractivity contribution in [1.82, 2.24) is 0 Å².